The van der Waals surface area contributed by atoms with E-state index < -0.39 is 0 Å². The second-order valence-electron chi connectivity index (χ2n) is 5.39. The van der Waals surface area contributed by atoms with Crippen molar-refractivity contribution < 1.29 is 9.42 Å². The molecule has 0 N–H and O–H groups in total. The van der Waals surface area contributed by atoms with Crippen molar-refractivity contribution in [1.29, 1.82) is 0 Å². The van der Waals surface area contributed by atoms with Gasteiger partial charge in [-0.25, -0.2) is 9.31 Å². The highest BCUT2D eigenvalue weighted by atomic mass is 35.5. The summed E-state index contributed by atoms with van der Waals surface area (Å²) in [5, 5.41) is 16.1. The fraction of sp³-hybridized carbons (Fsp3) is 0.267. The quantitative estimate of drug-likeness (QED) is 0.701. The molecule has 1 amide bonds. The first kappa shape index (κ1) is 16.1. The molecule has 2 aromatic heterocycles. The molecule has 9 heteroatoms. The van der Waals surface area contributed by atoms with Crippen molar-refractivity contribution in [2.75, 3.05) is 7.05 Å². The zero-order valence-electron chi connectivity index (χ0n) is 13.2. The van der Waals surface area contributed by atoms with Gasteiger partial charge in [-0.3, -0.25) is 4.79 Å². The van der Waals surface area contributed by atoms with Crippen LogP contribution >= 0.6 is 11.6 Å². The normalized spacial score (nSPS) is 10.8. The summed E-state index contributed by atoms with van der Waals surface area (Å²) in [5.74, 6) is -0.250. The molecule has 1 aromatic carbocycles. The number of aryl methyl sites for hydroxylation is 1. The summed E-state index contributed by atoms with van der Waals surface area (Å²) in [4.78, 5) is 13.9. The van der Waals surface area contributed by atoms with Gasteiger partial charge in [0.05, 0.1) is 19.3 Å². The van der Waals surface area contributed by atoms with Crippen molar-refractivity contribution in [2.24, 2.45) is 0 Å². The number of halogens is 1. The van der Waals surface area contributed by atoms with Crippen molar-refractivity contribution in [1.82, 2.24) is 30.2 Å². The van der Waals surface area contributed by atoms with Gasteiger partial charge in [-0.15, -0.1) is 5.10 Å². The Balaban J connectivity index is 1.66. The molecule has 0 saturated carbocycles. The Hall–Kier alpha value is -2.74. The molecule has 3 rings (SSSR count). The van der Waals surface area contributed by atoms with Crippen LogP contribution in [0.5, 0.6) is 0 Å². The van der Waals surface area contributed by atoms with Crippen LogP contribution in [0.2, 0.25) is 5.02 Å². The van der Waals surface area contributed by atoms with Crippen molar-refractivity contribution in [3.8, 4) is 0 Å². The fourth-order valence-corrected chi connectivity index (χ4v) is 2.26. The third-order valence-electron chi connectivity index (χ3n) is 3.50. The standard InChI is InChI=1S/C15H15ClN6O2/c1-10-13(19-24-18-10)8-21(2)15(23)14-9-22(20-17-14)7-11-3-5-12(16)6-4-11/h3-6,9H,7-8H2,1-2H3. The molecule has 0 atom stereocenters. The first-order chi connectivity index (χ1) is 11.5. The molecule has 0 fully saturated rings. The zero-order valence-corrected chi connectivity index (χ0v) is 13.9. The Morgan fingerprint density at radius 1 is 1.29 bits per heavy atom. The summed E-state index contributed by atoms with van der Waals surface area (Å²) < 4.78 is 6.24. The number of benzene rings is 1. The van der Waals surface area contributed by atoms with E-state index in [0.29, 0.717) is 23.0 Å². The van der Waals surface area contributed by atoms with E-state index in [-0.39, 0.29) is 18.1 Å². The van der Waals surface area contributed by atoms with Gasteiger partial charge in [0.15, 0.2) is 5.69 Å². The van der Waals surface area contributed by atoms with Gasteiger partial charge in [0.1, 0.15) is 11.4 Å². The van der Waals surface area contributed by atoms with Gasteiger partial charge < -0.3 is 4.90 Å². The Kier molecular flexibility index (Phi) is 4.57. The molecule has 0 aliphatic heterocycles. The smallest absolute Gasteiger partial charge is 0.276 e. The molecule has 124 valence electrons. The first-order valence-corrected chi connectivity index (χ1v) is 7.59. The van der Waals surface area contributed by atoms with E-state index in [9.17, 15) is 4.79 Å². The number of hydrogen-bond acceptors (Lipinski definition) is 6. The van der Waals surface area contributed by atoms with Crippen LogP contribution in [0.1, 0.15) is 27.4 Å². The second kappa shape index (κ2) is 6.79. The number of carbonyl (C=O) groups is 1. The Morgan fingerprint density at radius 3 is 2.71 bits per heavy atom. The molecule has 2 heterocycles. The summed E-state index contributed by atoms with van der Waals surface area (Å²) in [5.41, 5.74) is 2.54. The number of nitrogens with zero attached hydrogens (tertiary/aromatic N) is 6. The minimum atomic E-state index is -0.250. The minimum Gasteiger partial charge on any atom is -0.334 e. The second-order valence-corrected chi connectivity index (χ2v) is 5.82. The van der Waals surface area contributed by atoms with E-state index in [0.717, 1.165) is 5.56 Å². The van der Waals surface area contributed by atoms with E-state index in [1.807, 2.05) is 24.3 Å². The highest BCUT2D eigenvalue weighted by molar-refractivity contribution is 6.30. The maximum atomic E-state index is 12.4. The molecule has 0 spiro atoms. The molecule has 0 radical (unpaired) electrons. The van der Waals surface area contributed by atoms with Gasteiger partial charge in [-0.1, -0.05) is 39.3 Å². The predicted octanol–water partition coefficient (Wildman–Crippen LogP) is 1.94. The van der Waals surface area contributed by atoms with Gasteiger partial charge in [0.25, 0.3) is 5.91 Å². The molecule has 3 aromatic rings. The molecule has 8 nitrogen and oxygen atoms in total. The SMILES string of the molecule is Cc1nonc1CN(C)C(=O)c1cn(Cc2ccc(Cl)cc2)nn1. The van der Waals surface area contributed by atoms with Crippen LogP contribution in [0, 0.1) is 6.92 Å². The summed E-state index contributed by atoms with van der Waals surface area (Å²) in [7, 11) is 1.66. The van der Waals surface area contributed by atoms with Gasteiger partial charge in [-0.05, 0) is 24.6 Å². The average Bonchev–Trinajstić information content (AvgIpc) is 3.19. The van der Waals surface area contributed by atoms with E-state index in [2.05, 4.69) is 25.3 Å². The van der Waals surface area contributed by atoms with Crippen LogP contribution in [0.4, 0.5) is 0 Å². The third-order valence-corrected chi connectivity index (χ3v) is 3.75. The van der Waals surface area contributed by atoms with Crippen molar-refractivity contribution in [2.45, 2.75) is 20.0 Å². The van der Waals surface area contributed by atoms with Crippen LogP contribution in [0.3, 0.4) is 0 Å². The average molecular weight is 347 g/mol. The van der Waals surface area contributed by atoms with E-state index in [1.54, 1.807) is 24.9 Å². The first-order valence-electron chi connectivity index (χ1n) is 7.21. The Labute approximate surface area is 143 Å². The van der Waals surface area contributed by atoms with Crippen molar-refractivity contribution in [3.05, 3.63) is 58.1 Å². The van der Waals surface area contributed by atoms with Gasteiger partial charge >= 0.3 is 0 Å². The van der Waals surface area contributed by atoms with E-state index >= 15 is 0 Å². The lowest BCUT2D eigenvalue weighted by atomic mass is 10.2. The maximum Gasteiger partial charge on any atom is 0.276 e. The van der Waals surface area contributed by atoms with Crippen LogP contribution in [0.25, 0.3) is 0 Å². The number of amides is 1. The monoisotopic (exact) mass is 346 g/mol. The van der Waals surface area contributed by atoms with Crippen LogP contribution in [-0.2, 0) is 13.1 Å². The number of aromatic nitrogens is 5. The van der Waals surface area contributed by atoms with Crippen LogP contribution in [0.15, 0.2) is 35.1 Å². The minimum absolute atomic E-state index is 0.250. The highest BCUT2D eigenvalue weighted by Crippen LogP contribution is 2.11. The van der Waals surface area contributed by atoms with E-state index in [4.69, 9.17) is 11.6 Å². The summed E-state index contributed by atoms with van der Waals surface area (Å²) in [6.45, 7) is 2.57. The topological polar surface area (TPSA) is 89.9 Å². The molecule has 0 unspecified atom stereocenters. The lowest BCUT2D eigenvalue weighted by molar-refractivity contribution is 0.0776. The lowest BCUT2D eigenvalue weighted by Crippen LogP contribution is -2.27. The number of carbonyl (C=O) groups excluding carboxylic acids is 1. The number of hydrogen-bond donors (Lipinski definition) is 0. The zero-order chi connectivity index (χ0) is 17.1. The number of rotatable bonds is 5. The molecule has 0 aliphatic carbocycles. The predicted molar refractivity (Wildman–Crippen MR) is 85.4 cm³/mol. The molecular weight excluding hydrogens is 332 g/mol. The fourth-order valence-electron chi connectivity index (χ4n) is 2.14. The van der Waals surface area contributed by atoms with Gasteiger partial charge in [0, 0.05) is 12.1 Å². The molecular formula is C15H15ClN6O2. The Bertz CT molecular complexity index is 842. The summed E-state index contributed by atoms with van der Waals surface area (Å²) in [6.07, 6.45) is 1.61. The van der Waals surface area contributed by atoms with Crippen LogP contribution < -0.4 is 0 Å². The lowest BCUT2D eigenvalue weighted by Gasteiger charge is -2.13. The maximum absolute atomic E-state index is 12.4. The highest BCUT2D eigenvalue weighted by Gasteiger charge is 2.18. The largest absolute Gasteiger partial charge is 0.334 e. The summed E-state index contributed by atoms with van der Waals surface area (Å²) in [6, 6.07) is 7.42. The summed E-state index contributed by atoms with van der Waals surface area (Å²) >= 11 is 5.86. The molecule has 24 heavy (non-hydrogen) atoms. The molecule has 0 bridgehead atoms. The van der Waals surface area contributed by atoms with E-state index in [1.165, 1.54) is 4.90 Å². The molecule has 0 saturated heterocycles. The van der Waals surface area contributed by atoms with Crippen molar-refractivity contribution >= 4 is 17.5 Å². The third kappa shape index (κ3) is 3.60. The van der Waals surface area contributed by atoms with Crippen LogP contribution in [-0.4, -0.2) is 43.2 Å². The van der Waals surface area contributed by atoms with Crippen molar-refractivity contribution in [3.63, 3.8) is 0 Å². The Morgan fingerprint density at radius 2 is 2.04 bits per heavy atom. The van der Waals surface area contributed by atoms with Gasteiger partial charge in [-0.2, -0.15) is 0 Å². The van der Waals surface area contributed by atoms with Gasteiger partial charge in [0.2, 0.25) is 0 Å². The molecule has 0 aliphatic rings.